The Morgan fingerprint density at radius 3 is 2.90 bits per heavy atom. The molecule has 21 heavy (non-hydrogen) atoms. The number of nitrogens with two attached hydrogens (primary N) is 1. The van der Waals surface area contributed by atoms with E-state index in [-0.39, 0.29) is 0 Å². The van der Waals surface area contributed by atoms with Gasteiger partial charge in [-0.1, -0.05) is 24.3 Å². The summed E-state index contributed by atoms with van der Waals surface area (Å²) in [6.45, 7) is 6.15. The summed E-state index contributed by atoms with van der Waals surface area (Å²) < 4.78 is 0. The van der Waals surface area contributed by atoms with Gasteiger partial charge >= 0.3 is 0 Å². The Hall–Kier alpha value is -1.72. The number of nitrogens with zero attached hydrogens (tertiary/aromatic N) is 4. The van der Waals surface area contributed by atoms with Crippen LogP contribution in [0.3, 0.4) is 0 Å². The Bertz CT molecular complexity index is 580. The van der Waals surface area contributed by atoms with Crippen molar-refractivity contribution in [1.82, 2.24) is 15.1 Å². The average Bonchev–Trinajstić information content (AvgIpc) is 2.78. The Kier molecular flexibility index (Phi) is 4.62. The molecule has 1 aromatic heterocycles. The van der Waals surface area contributed by atoms with E-state index in [0.717, 1.165) is 63.3 Å². The SMILES string of the molecule is NCCCN1CCCN(c2nncc3ccccc23)CC1. The van der Waals surface area contributed by atoms with Gasteiger partial charge < -0.3 is 15.5 Å². The Labute approximate surface area is 125 Å². The number of rotatable bonds is 4. The molecule has 3 rings (SSSR count). The van der Waals surface area contributed by atoms with E-state index in [2.05, 4.69) is 38.2 Å². The van der Waals surface area contributed by atoms with Crippen LogP contribution in [0.4, 0.5) is 5.82 Å². The Morgan fingerprint density at radius 1 is 1.10 bits per heavy atom. The van der Waals surface area contributed by atoms with E-state index in [1.54, 1.807) is 0 Å². The van der Waals surface area contributed by atoms with Gasteiger partial charge in [0.15, 0.2) is 5.82 Å². The van der Waals surface area contributed by atoms with Crippen LogP contribution in [0, 0.1) is 0 Å². The van der Waals surface area contributed by atoms with Gasteiger partial charge in [-0.05, 0) is 32.5 Å². The normalized spacial score (nSPS) is 17.1. The van der Waals surface area contributed by atoms with Crippen molar-refractivity contribution in [2.24, 2.45) is 5.73 Å². The summed E-state index contributed by atoms with van der Waals surface area (Å²) in [7, 11) is 0. The van der Waals surface area contributed by atoms with Gasteiger partial charge in [-0.25, -0.2) is 0 Å². The molecule has 0 radical (unpaired) electrons. The quantitative estimate of drug-likeness (QED) is 0.922. The van der Waals surface area contributed by atoms with Gasteiger partial charge in [-0.15, -0.1) is 5.10 Å². The van der Waals surface area contributed by atoms with Crippen molar-refractivity contribution in [2.45, 2.75) is 12.8 Å². The van der Waals surface area contributed by atoms with E-state index < -0.39 is 0 Å². The molecule has 0 unspecified atom stereocenters. The van der Waals surface area contributed by atoms with Crippen LogP contribution < -0.4 is 10.6 Å². The number of aromatic nitrogens is 2. The van der Waals surface area contributed by atoms with Crippen molar-refractivity contribution in [2.75, 3.05) is 44.2 Å². The summed E-state index contributed by atoms with van der Waals surface area (Å²) in [5, 5.41) is 10.9. The van der Waals surface area contributed by atoms with Gasteiger partial charge in [0.05, 0.1) is 6.20 Å². The van der Waals surface area contributed by atoms with E-state index in [0.29, 0.717) is 0 Å². The molecule has 5 heteroatoms. The van der Waals surface area contributed by atoms with Gasteiger partial charge in [0.25, 0.3) is 0 Å². The molecule has 2 N–H and O–H groups in total. The minimum Gasteiger partial charge on any atom is -0.353 e. The van der Waals surface area contributed by atoms with Crippen molar-refractivity contribution in [1.29, 1.82) is 0 Å². The summed E-state index contributed by atoms with van der Waals surface area (Å²) >= 11 is 0. The zero-order valence-electron chi connectivity index (χ0n) is 12.4. The Morgan fingerprint density at radius 2 is 2.00 bits per heavy atom. The van der Waals surface area contributed by atoms with Gasteiger partial charge in [-0.3, -0.25) is 0 Å². The van der Waals surface area contributed by atoms with Crippen LogP contribution in [0.5, 0.6) is 0 Å². The summed E-state index contributed by atoms with van der Waals surface area (Å²) in [5.41, 5.74) is 5.61. The van der Waals surface area contributed by atoms with Gasteiger partial charge in [0.2, 0.25) is 0 Å². The molecule has 0 spiro atoms. The number of fused-ring (bicyclic) bond motifs is 1. The molecule has 2 heterocycles. The standard InChI is InChI=1S/C16H23N5/c17-7-3-8-20-9-4-10-21(12-11-20)16-15-6-2-1-5-14(15)13-18-19-16/h1-2,5-6,13H,3-4,7-12,17H2. The topological polar surface area (TPSA) is 58.3 Å². The number of benzene rings is 1. The third kappa shape index (κ3) is 3.31. The van der Waals surface area contributed by atoms with Crippen molar-refractivity contribution >= 4 is 16.6 Å². The zero-order valence-corrected chi connectivity index (χ0v) is 12.4. The van der Waals surface area contributed by atoms with Crippen molar-refractivity contribution in [3.05, 3.63) is 30.5 Å². The fourth-order valence-corrected chi connectivity index (χ4v) is 2.97. The highest BCUT2D eigenvalue weighted by Gasteiger charge is 2.17. The van der Waals surface area contributed by atoms with Crippen LogP contribution in [-0.4, -0.2) is 54.4 Å². The van der Waals surface area contributed by atoms with Crippen LogP contribution >= 0.6 is 0 Å². The molecule has 1 aliphatic heterocycles. The van der Waals surface area contributed by atoms with Gasteiger partial charge in [-0.2, -0.15) is 5.10 Å². The maximum absolute atomic E-state index is 5.61. The first kappa shape index (κ1) is 14.2. The molecule has 2 aromatic rings. The first-order chi connectivity index (χ1) is 10.4. The van der Waals surface area contributed by atoms with E-state index in [9.17, 15) is 0 Å². The number of hydrogen-bond donors (Lipinski definition) is 1. The van der Waals surface area contributed by atoms with Gasteiger partial charge in [0, 0.05) is 30.4 Å². The van der Waals surface area contributed by atoms with Crippen LogP contribution in [0.25, 0.3) is 10.8 Å². The molecule has 112 valence electrons. The van der Waals surface area contributed by atoms with Crippen LogP contribution in [0.1, 0.15) is 12.8 Å². The van der Waals surface area contributed by atoms with Crippen molar-refractivity contribution < 1.29 is 0 Å². The molecule has 0 aliphatic carbocycles. The lowest BCUT2D eigenvalue weighted by Gasteiger charge is -2.23. The van der Waals surface area contributed by atoms with E-state index >= 15 is 0 Å². The summed E-state index contributed by atoms with van der Waals surface area (Å²) in [4.78, 5) is 4.88. The second kappa shape index (κ2) is 6.83. The van der Waals surface area contributed by atoms with Crippen LogP contribution in [0.2, 0.25) is 0 Å². The fraction of sp³-hybridized carbons (Fsp3) is 0.500. The third-order valence-electron chi connectivity index (χ3n) is 4.12. The molecular weight excluding hydrogens is 262 g/mol. The molecule has 0 saturated carbocycles. The highest BCUT2D eigenvalue weighted by Crippen LogP contribution is 2.24. The van der Waals surface area contributed by atoms with Crippen molar-refractivity contribution in [3.63, 3.8) is 0 Å². The van der Waals surface area contributed by atoms with Crippen LogP contribution in [-0.2, 0) is 0 Å². The zero-order chi connectivity index (χ0) is 14.5. The third-order valence-corrected chi connectivity index (χ3v) is 4.12. The minimum atomic E-state index is 0.773. The summed E-state index contributed by atoms with van der Waals surface area (Å²) in [5.74, 6) is 1.02. The van der Waals surface area contributed by atoms with E-state index in [1.807, 2.05) is 12.3 Å². The lowest BCUT2D eigenvalue weighted by Crippen LogP contribution is -2.32. The summed E-state index contributed by atoms with van der Waals surface area (Å²) in [6, 6.07) is 8.35. The minimum absolute atomic E-state index is 0.773. The second-order valence-electron chi connectivity index (χ2n) is 5.58. The molecule has 1 aliphatic rings. The fourth-order valence-electron chi connectivity index (χ4n) is 2.97. The smallest absolute Gasteiger partial charge is 0.159 e. The Balaban J connectivity index is 1.77. The van der Waals surface area contributed by atoms with E-state index in [4.69, 9.17) is 5.73 Å². The number of anilines is 1. The highest BCUT2D eigenvalue weighted by molar-refractivity contribution is 5.91. The van der Waals surface area contributed by atoms with Crippen molar-refractivity contribution in [3.8, 4) is 0 Å². The molecule has 1 saturated heterocycles. The lowest BCUT2D eigenvalue weighted by molar-refractivity contribution is 0.291. The monoisotopic (exact) mass is 285 g/mol. The first-order valence-corrected chi connectivity index (χ1v) is 7.76. The molecular formula is C16H23N5. The molecule has 0 amide bonds. The predicted molar refractivity (Wildman–Crippen MR) is 86.5 cm³/mol. The molecule has 1 fully saturated rings. The maximum atomic E-state index is 5.61. The second-order valence-corrected chi connectivity index (χ2v) is 5.58. The van der Waals surface area contributed by atoms with E-state index in [1.165, 1.54) is 5.39 Å². The maximum Gasteiger partial charge on any atom is 0.159 e. The van der Waals surface area contributed by atoms with Crippen LogP contribution in [0.15, 0.2) is 30.5 Å². The summed E-state index contributed by atoms with van der Waals surface area (Å²) in [6.07, 6.45) is 4.08. The first-order valence-electron chi connectivity index (χ1n) is 7.76. The molecule has 1 aromatic carbocycles. The number of hydrogen-bond acceptors (Lipinski definition) is 5. The lowest BCUT2D eigenvalue weighted by atomic mass is 10.2. The van der Waals surface area contributed by atoms with Gasteiger partial charge in [0.1, 0.15) is 0 Å². The molecule has 0 bridgehead atoms. The highest BCUT2D eigenvalue weighted by atomic mass is 15.3. The molecule has 5 nitrogen and oxygen atoms in total. The largest absolute Gasteiger partial charge is 0.353 e. The average molecular weight is 285 g/mol. The predicted octanol–water partition coefficient (Wildman–Crippen LogP) is 1.49. The molecule has 0 atom stereocenters.